The summed E-state index contributed by atoms with van der Waals surface area (Å²) in [5.74, 6) is -1.25. The number of nitrogens with zero attached hydrogens (tertiary/aromatic N) is 1. The molecule has 1 rings (SSSR count). The minimum atomic E-state index is -3.70. The van der Waals surface area contributed by atoms with Crippen LogP contribution in [-0.2, 0) is 19.6 Å². The topological polar surface area (TPSA) is 75.7 Å². The van der Waals surface area contributed by atoms with Crippen LogP contribution in [0.3, 0.4) is 0 Å². The van der Waals surface area contributed by atoms with Crippen molar-refractivity contribution in [1.29, 1.82) is 0 Å². The molecule has 1 aromatic rings. The molecule has 0 radical (unpaired) electrons. The molecule has 0 bridgehead atoms. The molecular formula is C13H19FN2O4S. The van der Waals surface area contributed by atoms with Crippen molar-refractivity contribution in [3.05, 3.63) is 24.0 Å². The molecule has 8 heteroatoms. The zero-order valence-electron chi connectivity index (χ0n) is 12.4. The Labute approximate surface area is 123 Å². The Kier molecular flexibility index (Phi) is 5.82. The second-order valence-electron chi connectivity index (χ2n) is 4.55. The van der Waals surface area contributed by atoms with Crippen molar-refractivity contribution >= 4 is 21.6 Å². The van der Waals surface area contributed by atoms with Gasteiger partial charge in [0.15, 0.2) is 0 Å². The summed E-state index contributed by atoms with van der Waals surface area (Å²) >= 11 is 0. The van der Waals surface area contributed by atoms with Crippen molar-refractivity contribution in [3.8, 4) is 0 Å². The lowest BCUT2D eigenvalue weighted by atomic mass is 10.2. The van der Waals surface area contributed by atoms with Crippen LogP contribution in [0.2, 0.25) is 0 Å². The van der Waals surface area contributed by atoms with Crippen LogP contribution in [0.15, 0.2) is 23.1 Å². The van der Waals surface area contributed by atoms with Crippen LogP contribution in [0, 0.1) is 5.82 Å². The van der Waals surface area contributed by atoms with Gasteiger partial charge in [-0.2, -0.15) is 0 Å². The van der Waals surface area contributed by atoms with Gasteiger partial charge in [-0.25, -0.2) is 17.1 Å². The summed E-state index contributed by atoms with van der Waals surface area (Å²) < 4.78 is 43.7. The normalized spacial score (nSPS) is 13.2. The van der Waals surface area contributed by atoms with E-state index in [9.17, 15) is 17.6 Å². The number of amides is 1. The van der Waals surface area contributed by atoms with Crippen LogP contribution in [0.25, 0.3) is 0 Å². The molecule has 0 saturated carbocycles. The number of rotatable bonds is 6. The fourth-order valence-electron chi connectivity index (χ4n) is 1.64. The minimum Gasteiger partial charge on any atom is -0.372 e. The van der Waals surface area contributed by atoms with E-state index < -0.39 is 27.9 Å². The Hall–Kier alpha value is -1.51. The van der Waals surface area contributed by atoms with Crippen molar-refractivity contribution in [2.75, 3.05) is 26.5 Å². The SMILES string of the molecule is CC[C@@H](OC)C(=O)Nc1cc(S(=O)(=O)N(C)C)ccc1F. The molecule has 1 amide bonds. The standard InChI is InChI=1S/C13H19FN2O4S/c1-5-12(20-4)13(17)15-11-8-9(6-7-10(11)14)21(18,19)16(2)3/h6-8,12H,5H2,1-4H3,(H,15,17)/t12-/m1/s1. The van der Waals surface area contributed by atoms with Gasteiger partial charge in [0.25, 0.3) is 5.91 Å². The van der Waals surface area contributed by atoms with E-state index in [0.717, 1.165) is 22.5 Å². The summed E-state index contributed by atoms with van der Waals surface area (Å²) in [5, 5.41) is 2.34. The molecule has 0 fully saturated rings. The largest absolute Gasteiger partial charge is 0.372 e. The number of anilines is 1. The number of benzene rings is 1. The van der Waals surface area contributed by atoms with Crippen molar-refractivity contribution in [3.63, 3.8) is 0 Å². The average molecular weight is 318 g/mol. The molecule has 0 aliphatic carbocycles. The summed E-state index contributed by atoms with van der Waals surface area (Å²) in [6.07, 6.45) is -0.307. The van der Waals surface area contributed by atoms with E-state index >= 15 is 0 Å². The molecule has 1 N–H and O–H groups in total. The highest BCUT2D eigenvalue weighted by molar-refractivity contribution is 7.89. The van der Waals surface area contributed by atoms with Crippen molar-refractivity contribution in [1.82, 2.24) is 4.31 Å². The van der Waals surface area contributed by atoms with Crippen LogP contribution in [0.1, 0.15) is 13.3 Å². The Bertz CT molecular complexity index is 613. The molecule has 118 valence electrons. The highest BCUT2D eigenvalue weighted by Crippen LogP contribution is 2.21. The summed E-state index contributed by atoms with van der Waals surface area (Å²) in [4.78, 5) is 11.8. The number of nitrogens with one attached hydrogen (secondary N) is 1. The van der Waals surface area contributed by atoms with Gasteiger partial charge in [0.1, 0.15) is 11.9 Å². The number of halogens is 1. The van der Waals surface area contributed by atoms with Crippen LogP contribution >= 0.6 is 0 Å². The van der Waals surface area contributed by atoms with Gasteiger partial charge >= 0.3 is 0 Å². The smallest absolute Gasteiger partial charge is 0.253 e. The fourth-order valence-corrected chi connectivity index (χ4v) is 2.57. The van der Waals surface area contributed by atoms with Gasteiger partial charge in [-0.05, 0) is 24.6 Å². The van der Waals surface area contributed by atoms with E-state index in [4.69, 9.17) is 4.74 Å². The number of hydrogen-bond acceptors (Lipinski definition) is 4. The van der Waals surface area contributed by atoms with E-state index in [-0.39, 0.29) is 10.6 Å². The lowest BCUT2D eigenvalue weighted by Gasteiger charge is -2.15. The molecule has 1 atom stereocenters. The van der Waals surface area contributed by atoms with Crippen LogP contribution < -0.4 is 5.32 Å². The molecule has 21 heavy (non-hydrogen) atoms. The molecule has 6 nitrogen and oxygen atoms in total. The Morgan fingerprint density at radius 2 is 2.05 bits per heavy atom. The maximum Gasteiger partial charge on any atom is 0.253 e. The molecule has 0 aromatic heterocycles. The quantitative estimate of drug-likeness (QED) is 0.861. The highest BCUT2D eigenvalue weighted by Gasteiger charge is 2.21. The van der Waals surface area contributed by atoms with Gasteiger partial charge in [-0.15, -0.1) is 0 Å². The average Bonchev–Trinajstić information content (AvgIpc) is 2.42. The van der Waals surface area contributed by atoms with Crippen molar-refractivity contribution in [2.24, 2.45) is 0 Å². The number of ether oxygens (including phenoxy) is 1. The van der Waals surface area contributed by atoms with E-state index in [2.05, 4.69) is 5.32 Å². The maximum absolute atomic E-state index is 13.7. The Morgan fingerprint density at radius 1 is 1.43 bits per heavy atom. The third-order valence-electron chi connectivity index (χ3n) is 2.92. The predicted octanol–water partition coefficient (Wildman–Crippen LogP) is 1.44. The van der Waals surface area contributed by atoms with Gasteiger partial charge in [0.2, 0.25) is 10.0 Å². The first-order valence-corrected chi connectivity index (χ1v) is 7.73. The first-order valence-electron chi connectivity index (χ1n) is 6.29. The molecule has 0 unspecified atom stereocenters. The molecule has 1 aromatic carbocycles. The molecule has 0 spiro atoms. The Morgan fingerprint density at radius 3 is 2.52 bits per heavy atom. The van der Waals surface area contributed by atoms with E-state index in [1.807, 2.05) is 0 Å². The summed E-state index contributed by atoms with van der Waals surface area (Å²) in [6.45, 7) is 1.75. The first kappa shape index (κ1) is 17.5. The predicted molar refractivity (Wildman–Crippen MR) is 77.0 cm³/mol. The van der Waals surface area contributed by atoms with Crippen LogP contribution in [0.5, 0.6) is 0 Å². The van der Waals surface area contributed by atoms with Gasteiger partial charge in [-0.3, -0.25) is 4.79 Å². The zero-order valence-corrected chi connectivity index (χ0v) is 13.2. The zero-order chi connectivity index (χ0) is 16.2. The molecule has 0 saturated heterocycles. The summed E-state index contributed by atoms with van der Waals surface area (Å²) in [7, 11) is 0.413. The van der Waals surface area contributed by atoms with E-state index in [1.54, 1.807) is 6.92 Å². The lowest BCUT2D eigenvalue weighted by molar-refractivity contribution is -0.125. The van der Waals surface area contributed by atoms with E-state index in [1.165, 1.54) is 21.2 Å². The van der Waals surface area contributed by atoms with Gasteiger partial charge in [-0.1, -0.05) is 6.92 Å². The summed E-state index contributed by atoms with van der Waals surface area (Å²) in [5.41, 5.74) is -0.196. The number of methoxy groups -OCH3 is 1. The molecule has 0 aliphatic rings. The maximum atomic E-state index is 13.7. The first-order chi connectivity index (χ1) is 9.73. The highest BCUT2D eigenvalue weighted by atomic mass is 32.2. The lowest BCUT2D eigenvalue weighted by Crippen LogP contribution is -2.29. The second-order valence-corrected chi connectivity index (χ2v) is 6.70. The Balaban J connectivity index is 3.12. The fraction of sp³-hybridized carbons (Fsp3) is 0.462. The van der Waals surface area contributed by atoms with Gasteiger partial charge in [0.05, 0.1) is 10.6 Å². The van der Waals surface area contributed by atoms with Gasteiger partial charge in [0, 0.05) is 21.2 Å². The summed E-state index contributed by atoms with van der Waals surface area (Å²) in [6, 6.07) is 3.23. The van der Waals surface area contributed by atoms with Crippen LogP contribution in [-0.4, -0.2) is 45.9 Å². The van der Waals surface area contributed by atoms with Gasteiger partial charge < -0.3 is 10.1 Å². The molecule has 0 heterocycles. The minimum absolute atomic E-state index is 0.102. The molecular weight excluding hydrogens is 299 g/mol. The number of hydrogen-bond donors (Lipinski definition) is 1. The third-order valence-corrected chi connectivity index (χ3v) is 4.73. The molecule has 0 aliphatic heterocycles. The third kappa shape index (κ3) is 3.99. The second kappa shape index (κ2) is 6.97. The number of sulfonamides is 1. The van der Waals surface area contributed by atoms with Crippen molar-refractivity contribution < 1.29 is 22.3 Å². The van der Waals surface area contributed by atoms with Crippen molar-refractivity contribution in [2.45, 2.75) is 24.3 Å². The van der Waals surface area contributed by atoms with Crippen LogP contribution in [0.4, 0.5) is 10.1 Å². The van der Waals surface area contributed by atoms with E-state index in [0.29, 0.717) is 6.42 Å². The number of carbonyl (C=O) groups is 1. The monoisotopic (exact) mass is 318 g/mol. The number of carbonyl (C=O) groups excluding carboxylic acids is 1.